The van der Waals surface area contributed by atoms with Gasteiger partial charge in [-0.3, -0.25) is 9.36 Å². The maximum Gasteiger partial charge on any atom is 0.410 e. The Balaban J connectivity index is 1.58. The number of carbonyl (C=O) groups is 2. The molecule has 2 fully saturated rings. The molecule has 2 aromatic rings. The van der Waals surface area contributed by atoms with Crippen molar-refractivity contribution in [2.24, 2.45) is 0 Å². The zero-order chi connectivity index (χ0) is 23.6. The van der Waals surface area contributed by atoms with Crippen LogP contribution in [0.1, 0.15) is 50.1 Å². The molecular weight excluding hydrogens is 422 g/mol. The SMILES string of the molecule is CC(C)(C)OC(=O)N1CCN(C(=O)c2[nH]c(=O)n(C3CCCNC3)c2-c2ccccc2)CC1. The molecular formula is C24H33N5O4. The summed E-state index contributed by atoms with van der Waals surface area (Å²) < 4.78 is 7.19. The fourth-order valence-corrected chi connectivity index (χ4v) is 4.46. The summed E-state index contributed by atoms with van der Waals surface area (Å²) in [6.07, 6.45) is 1.49. The molecule has 0 aliphatic carbocycles. The molecule has 178 valence electrons. The van der Waals surface area contributed by atoms with Crippen LogP contribution in [-0.2, 0) is 4.74 Å². The predicted octanol–water partition coefficient (Wildman–Crippen LogP) is 2.46. The topological polar surface area (TPSA) is 99.7 Å². The van der Waals surface area contributed by atoms with E-state index in [1.807, 2.05) is 51.1 Å². The quantitative estimate of drug-likeness (QED) is 0.741. The number of imidazole rings is 1. The molecule has 2 aliphatic heterocycles. The summed E-state index contributed by atoms with van der Waals surface area (Å²) in [5.41, 5.74) is 0.942. The van der Waals surface area contributed by atoms with Gasteiger partial charge in [-0.05, 0) is 40.2 Å². The van der Waals surface area contributed by atoms with Crippen molar-refractivity contribution in [3.63, 3.8) is 0 Å². The van der Waals surface area contributed by atoms with E-state index in [1.54, 1.807) is 14.4 Å². The van der Waals surface area contributed by atoms with Crippen LogP contribution in [0.25, 0.3) is 11.3 Å². The molecule has 0 bridgehead atoms. The van der Waals surface area contributed by atoms with E-state index in [0.717, 1.165) is 24.9 Å². The van der Waals surface area contributed by atoms with Gasteiger partial charge in [-0.2, -0.15) is 0 Å². The monoisotopic (exact) mass is 455 g/mol. The fraction of sp³-hybridized carbons (Fsp3) is 0.542. The van der Waals surface area contributed by atoms with Crippen LogP contribution in [-0.4, -0.2) is 76.2 Å². The number of benzene rings is 1. The molecule has 9 heteroatoms. The van der Waals surface area contributed by atoms with Gasteiger partial charge < -0.3 is 24.8 Å². The van der Waals surface area contributed by atoms with Crippen LogP contribution in [0.5, 0.6) is 0 Å². The first-order chi connectivity index (χ1) is 15.7. The van der Waals surface area contributed by atoms with Gasteiger partial charge in [0.05, 0.1) is 11.7 Å². The third-order valence-electron chi connectivity index (χ3n) is 6.04. The Labute approximate surface area is 193 Å². The van der Waals surface area contributed by atoms with E-state index in [9.17, 15) is 14.4 Å². The van der Waals surface area contributed by atoms with Crippen molar-refractivity contribution in [3.8, 4) is 11.3 Å². The van der Waals surface area contributed by atoms with Crippen LogP contribution in [0.4, 0.5) is 4.79 Å². The summed E-state index contributed by atoms with van der Waals surface area (Å²) in [6.45, 7) is 8.66. The summed E-state index contributed by atoms with van der Waals surface area (Å²) in [7, 11) is 0. The smallest absolute Gasteiger partial charge is 0.410 e. The lowest BCUT2D eigenvalue weighted by Crippen LogP contribution is -2.51. The third-order valence-corrected chi connectivity index (χ3v) is 6.04. The van der Waals surface area contributed by atoms with Crippen molar-refractivity contribution in [1.82, 2.24) is 24.7 Å². The molecule has 1 atom stereocenters. The number of rotatable bonds is 3. The molecule has 1 unspecified atom stereocenters. The number of hydrogen-bond donors (Lipinski definition) is 2. The molecule has 1 aromatic heterocycles. The molecule has 2 N–H and O–H groups in total. The van der Waals surface area contributed by atoms with Gasteiger partial charge in [0, 0.05) is 38.3 Å². The Bertz CT molecular complexity index is 1040. The number of carbonyl (C=O) groups excluding carboxylic acids is 2. The Morgan fingerprint density at radius 3 is 2.30 bits per heavy atom. The normalized spacial score (nSPS) is 19.4. The maximum absolute atomic E-state index is 13.5. The molecule has 1 aromatic carbocycles. The second kappa shape index (κ2) is 9.43. The van der Waals surface area contributed by atoms with Crippen LogP contribution in [0, 0.1) is 0 Å². The van der Waals surface area contributed by atoms with Crippen molar-refractivity contribution in [3.05, 3.63) is 46.5 Å². The summed E-state index contributed by atoms with van der Waals surface area (Å²) >= 11 is 0. The minimum atomic E-state index is -0.564. The van der Waals surface area contributed by atoms with E-state index in [4.69, 9.17) is 4.74 Å². The lowest BCUT2D eigenvalue weighted by Gasteiger charge is -2.35. The number of nitrogens with one attached hydrogen (secondary N) is 2. The lowest BCUT2D eigenvalue weighted by molar-refractivity contribution is 0.0140. The Morgan fingerprint density at radius 2 is 1.70 bits per heavy atom. The highest BCUT2D eigenvalue weighted by Gasteiger charge is 2.32. The van der Waals surface area contributed by atoms with Gasteiger partial charge in [0.25, 0.3) is 5.91 Å². The van der Waals surface area contributed by atoms with Crippen LogP contribution >= 0.6 is 0 Å². The highest BCUT2D eigenvalue weighted by molar-refractivity contribution is 5.98. The van der Waals surface area contributed by atoms with E-state index in [-0.39, 0.29) is 23.7 Å². The first kappa shape index (κ1) is 23.1. The van der Waals surface area contributed by atoms with Crippen molar-refractivity contribution < 1.29 is 14.3 Å². The van der Waals surface area contributed by atoms with E-state index in [0.29, 0.717) is 44.1 Å². The van der Waals surface area contributed by atoms with Crippen molar-refractivity contribution in [2.45, 2.75) is 45.3 Å². The second-order valence-corrected chi connectivity index (χ2v) is 9.65. The molecule has 33 heavy (non-hydrogen) atoms. The highest BCUT2D eigenvalue weighted by Crippen LogP contribution is 2.28. The molecule has 0 spiro atoms. The van der Waals surface area contributed by atoms with E-state index >= 15 is 0 Å². The number of ether oxygens (including phenoxy) is 1. The number of nitrogens with zero attached hydrogens (tertiary/aromatic N) is 3. The van der Waals surface area contributed by atoms with Crippen molar-refractivity contribution in [2.75, 3.05) is 39.3 Å². The summed E-state index contributed by atoms with van der Waals surface area (Å²) in [5, 5.41) is 3.35. The van der Waals surface area contributed by atoms with Crippen LogP contribution in [0.3, 0.4) is 0 Å². The number of H-pyrrole nitrogens is 1. The largest absolute Gasteiger partial charge is 0.444 e. The number of piperazine rings is 1. The first-order valence-corrected chi connectivity index (χ1v) is 11.6. The zero-order valence-corrected chi connectivity index (χ0v) is 19.6. The molecule has 2 amide bonds. The summed E-state index contributed by atoms with van der Waals surface area (Å²) in [4.78, 5) is 45.1. The van der Waals surface area contributed by atoms with E-state index in [2.05, 4.69) is 10.3 Å². The van der Waals surface area contributed by atoms with Crippen LogP contribution < -0.4 is 11.0 Å². The molecule has 3 heterocycles. The van der Waals surface area contributed by atoms with E-state index in [1.165, 1.54) is 0 Å². The van der Waals surface area contributed by atoms with Gasteiger partial charge in [-0.15, -0.1) is 0 Å². The minimum absolute atomic E-state index is 0.0109. The van der Waals surface area contributed by atoms with Crippen molar-refractivity contribution >= 4 is 12.0 Å². The van der Waals surface area contributed by atoms with Gasteiger partial charge in [-0.25, -0.2) is 9.59 Å². The summed E-state index contributed by atoms with van der Waals surface area (Å²) in [5.74, 6) is -0.225. The van der Waals surface area contributed by atoms with E-state index < -0.39 is 5.60 Å². The Hall–Kier alpha value is -3.07. The Kier molecular flexibility index (Phi) is 6.60. The number of piperidine rings is 1. The van der Waals surface area contributed by atoms with Crippen molar-refractivity contribution in [1.29, 1.82) is 0 Å². The van der Waals surface area contributed by atoms with Gasteiger partial charge >= 0.3 is 11.8 Å². The molecule has 2 aliphatic rings. The Morgan fingerprint density at radius 1 is 1.03 bits per heavy atom. The molecule has 2 saturated heterocycles. The number of amides is 2. The molecule has 4 rings (SSSR count). The standard InChI is InChI=1S/C24H33N5O4/c1-24(2,3)33-23(32)28-14-12-27(13-15-28)21(30)19-20(17-8-5-4-6-9-17)29(22(31)26-19)18-10-7-11-25-16-18/h4-6,8-9,18,25H,7,10-16H2,1-3H3,(H,26,31). The number of hydrogen-bond acceptors (Lipinski definition) is 5. The number of aromatic amines is 1. The maximum atomic E-state index is 13.5. The first-order valence-electron chi connectivity index (χ1n) is 11.6. The lowest BCUT2D eigenvalue weighted by atomic mass is 10.0. The predicted molar refractivity (Wildman–Crippen MR) is 125 cm³/mol. The molecule has 0 saturated carbocycles. The summed E-state index contributed by atoms with van der Waals surface area (Å²) in [6, 6.07) is 9.56. The highest BCUT2D eigenvalue weighted by atomic mass is 16.6. The van der Waals surface area contributed by atoms with Gasteiger partial charge in [0.1, 0.15) is 11.3 Å². The van der Waals surface area contributed by atoms with Gasteiger partial charge in [0.15, 0.2) is 0 Å². The van der Waals surface area contributed by atoms with Gasteiger partial charge in [-0.1, -0.05) is 30.3 Å². The van der Waals surface area contributed by atoms with Crippen LogP contribution in [0.2, 0.25) is 0 Å². The average molecular weight is 456 g/mol. The molecule has 0 radical (unpaired) electrons. The fourth-order valence-electron chi connectivity index (χ4n) is 4.46. The van der Waals surface area contributed by atoms with Crippen LogP contribution in [0.15, 0.2) is 35.1 Å². The number of aromatic nitrogens is 2. The average Bonchev–Trinajstić information content (AvgIpc) is 3.15. The van der Waals surface area contributed by atoms with Gasteiger partial charge in [0.2, 0.25) is 0 Å². The zero-order valence-electron chi connectivity index (χ0n) is 19.6. The second-order valence-electron chi connectivity index (χ2n) is 9.65. The third kappa shape index (κ3) is 5.13. The minimum Gasteiger partial charge on any atom is -0.444 e. The molecule has 9 nitrogen and oxygen atoms in total.